The molecule has 5 nitrogen and oxygen atoms in total. The molecule has 0 unspecified atom stereocenters. The zero-order valence-electron chi connectivity index (χ0n) is 16.0. The van der Waals surface area contributed by atoms with Crippen molar-refractivity contribution in [2.24, 2.45) is 5.73 Å². The Morgan fingerprint density at radius 1 is 1.18 bits per heavy atom. The van der Waals surface area contributed by atoms with Crippen LogP contribution in [-0.4, -0.2) is 28.9 Å². The Hall–Kier alpha value is -2.70. The molecule has 0 aliphatic carbocycles. The van der Waals surface area contributed by atoms with Gasteiger partial charge >= 0.3 is 0 Å². The fraction of sp³-hybridized carbons (Fsp3) is 0.273. The molecule has 0 aliphatic rings. The number of hydrogen-bond acceptors (Lipinski definition) is 5. The molecular weight excluding hydrogens is 370 g/mol. The van der Waals surface area contributed by atoms with Crippen molar-refractivity contribution in [1.82, 2.24) is 9.88 Å². The van der Waals surface area contributed by atoms with Gasteiger partial charge < -0.3 is 15.4 Å². The van der Waals surface area contributed by atoms with Crippen molar-refractivity contribution in [3.8, 4) is 5.75 Å². The van der Waals surface area contributed by atoms with Crippen molar-refractivity contribution >= 4 is 17.2 Å². The van der Waals surface area contributed by atoms with E-state index in [1.54, 1.807) is 17.4 Å². The summed E-state index contributed by atoms with van der Waals surface area (Å²) in [6.07, 6.45) is 0.762. The Bertz CT molecular complexity index is 896. The molecule has 0 radical (unpaired) electrons. The highest BCUT2D eigenvalue weighted by molar-refractivity contribution is 7.09. The summed E-state index contributed by atoms with van der Waals surface area (Å²) in [4.78, 5) is 19.3. The third kappa shape index (κ3) is 5.65. The number of thiazole rings is 1. The summed E-state index contributed by atoms with van der Waals surface area (Å²) in [5.41, 5.74) is 8.27. The topological polar surface area (TPSA) is 68.5 Å². The average molecular weight is 396 g/mol. The summed E-state index contributed by atoms with van der Waals surface area (Å²) in [7, 11) is 0. The Morgan fingerprint density at radius 2 is 2.00 bits per heavy atom. The molecule has 1 amide bonds. The van der Waals surface area contributed by atoms with E-state index < -0.39 is 0 Å². The Kier molecular flexibility index (Phi) is 7.17. The normalized spacial score (nSPS) is 10.6. The first kappa shape index (κ1) is 20.0. The van der Waals surface area contributed by atoms with Gasteiger partial charge in [-0.3, -0.25) is 4.79 Å². The standard InChI is InChI=1S/C22H25N3O2S/c1-17-24-20(16-28-17)15-27-21-10-5-9-19(13-21)22(26)25(12-6-11-23)14-18-7-3-2-4-8-18/h2-5,7-10,13,16H,6,11-12,14-15,23H2,1H3. The number of rotatable bonds is 9. The number of ether oxygens (including phenoxy) is 1. The molecule has 28 heavy (non-hydrogen) atoms. The monoisotopic (exact) mass is 395 g/mol. The summed E-state index contributed by atoms with van der Waals surface area (Å²) in [6, 6.07) is 17.3. The van der Waals surface area contributed by atoms with E-state index in [0.717, 1.165) is 22.7 Å². The van der Waals surface area contributed by atoms with Crippen LogP contribution in [0.25, 0.3) is 0 Å². The molecule has 0 bridgehead atoms. The molecule has 2 N–H and O–H groups in total. The average Bonchev–Trinajstić information content (AvgIpc) is 3.15. The van der Waals surface area contributed by atoms with E-state index in [9.17, 15) is 4.79 Å². The summed E-state index contributed by atoms with van der Waals surface area (Å²) in [6.45, 7) is 4.09. The van der Waals surface area contributed by atoms with E-state index in [2.05, 4.69) is 4.98 Å². The third-order valence-corrected chi connectivity index (χ3v) is 5.09. The van der Waals surface area contributed by atoms with Crippen molar-refractivity contribution in [2.75, 3.05) is 13.1 Å². The van der Waals surface area contributed by atoms with Crippen LogP contribution in [0.15, 0.2) is 60.0 Å². The molecule has 0 saturated carbocycles. The van der Waals surface area contributed by atoms with E-state index in [4.69, 9.17) is 10.5 Å². The SMILES string of the molecule is Cc1nc(COc2cccc(C(=O)N(CCCN)Cc3ccccc3)c2)cs1. The van der Waals surface area contributed by atoms with Gasteiger partial charge in [-0.15, -0.1) is 11.3 Å². The first-order chi connectivity index (χ1) is 13.7. The number of carbonyl (C=O) groups excluding carboxylic acids is 1. The van der Waals surface area contributed by atoms with Crippen LogP contribution in [0.4, 0.5) is 0 Å². The molecule has 6 heteroatoms. The maximum atomic E-state index is 13.1. The second kappa shape index (κ2) is 10.0. The third-order valence-electron chi connectivity index (χ3n) is 4.27. The minimum Gasteiger partial charge on any atom is -0.487 e. The van der Waals surface area contributed by atoms with Gasteiger partial charge in [-0.1, -0.05) is 36.4 Å². The molecule has 0 saturated heterocycles. The van der Waals surface area contributed by atoms with Crippen LogP contribution >= 0.6 is 11.3 Å². The Labute approximate surface area is 169 Å². The van der Waals surface area contributed by atoms with Gasteiger partial charge in [-0.25, -0.2) is 4.98 Å². The van der Waals surface area contributed by atoms with Crippen molar-refractivity contribution in [2.45, 2.75) is 26.5 Å². The first-order valence-electron chi connectivity index (χ1n) is 9.33. The maximum Gasteiger partial charge on any atom is 0.254 e. The second-order valence-electron chi connectivity index (χ2n) is 6.53. The molecule has 0 spiro atoms. The lowest BCUT2D eigenvalue weighted by Crippen LogP contribution is -2.32. The van der Waals surface area contributed by atoms with Gasteiger partial charge in [0.25, 0.3) is 5.91 Å². The molecule has 3 rings (SSSR count). The Balaban J connectivity index is 1.70. The summed E-state index contributed by atoms with van der Waals surface area (Å²) in [5.74, 6) is 0.641. The second-order valence-corrected chi connectivity index (χ2v) is 7.59. The maximum absolute atomic E-state index is 13.1. The van der Waals surface area contributed by atoms with Gasteiger partial charge in [0.05, 0.1) is 10.7 Å². The molecule has 0 fully saturated rings. The van der Waals surface area contributed by atoms with Crippen molar-refractivity contribution in [3.05, 3.63) is 81.8 Å². The summed E-state index contributed by atoms with van der Waals surface area (Å²) >= 11 is 1.60. The van der Waals surface area contributed by atoms with Crippen LogP contribution in [0, 0.1) is 6.92 Å². The number of amides is 1. The van der Waals surface area contributed by atoms with Gasteiger partial charge in [-0.2, -0.15) is 0 Å². The minimum absolute atomic E-state index is 0.0211. The molecular formula is C22H25N3O2S. The zero-order valence-corrected chi connectivity index (χ0v) is 16.8. The van der Waals surface area contributed by atoms with E-state index in [1.807, 2.05) is 65.7 Å². The smallest absolute Gasteiger partial charge is 0.254 e. The molecule has 2 aromatic carbocycles. The predicted octanol–water partition coefficient (Wildman–Crippen LogP) is 4.02. The van der Waals surface area contributed by atoms with E-state index in [1.165, 1.54) is 0 Å². The quantitative estimate of drug-likeness (QED) is 0.594. The highest BCUT2D eigenvalue weighted by Gasteiger charge is 2.16. The number of benzene rings is 2. The lowest BCUT2D eigenvalue weighted by atomic mass is 10.1. The predicted molar refractivity (Wildman–Crippen MR) is 112 cm³/mol. The minimum atomic E-state index is -0.0211. The molecule has 3 aromatic rings. The van der Waals surface area contributed by atoms with Crippen molar-refractivity contribution in [1.29, 1.82) is 0 Å². The number of nitrogens with zero attached hydrogens (tertiary/aromatic N) is 2. The molecule has 1 aromatic heterocycles. The summed E-state index contributed by atoms with van der Waals surface area (Å²) < 4.78 is 5.83. The highest BCUT2D eigenvalue weighted by atomic mass is 32.1. The van der Waals surface area contributed by atoms with Crippen LogP contribution in [0.2, 0.25) is 0 Å². The van der Waals surface area contributed by atoms with Gasteiger partial charge in [0.1, 0.15) is 12.4 Å². The number of nitrogens with two attached hydrogens (primary N) is 1. The number of hydrogen-bond donors (Lipinski definition) is 1. The summed E-state index contributed by atoms with van der Waals surface area (Å²) in [5, 5.41) is 3.00. The van der Waals surface area contributed by atoms with Gasteiger partial charge in [0.15, 0.2) is 0 Å². The fourth-order valence-electron chi connectivity index (χ4n) is 2.87. The Morgan fingerprint density at radius 3 is 2.71 bits per heavy atom. The van der Waals surface area contributed by atoms with Crippen LogP contribution < -0.4 is 10.5 Å². The zero-order chi connectivity index (χ0) is 19.8. The van der Waals surface area contributed by atoms with Crippen LogP contribution in [-0.2, 0) is 13.2 Å². The van der Waals surface area contributed by atoms with Crippen molar-refractivity contribution in [3.63, 3.8) is 0 Å². The lowest BCUT2D eigenvalue weighted by Gasteiger charge is -2.23. The van der Waals surface area contributed by atoms with E-state index in [0.29, 0.717) is 37.6 Å². The number of aromatic nitrogens is 1. The van der Waals surface area contributed by atoms with Gasteiger partial charge in [0, 0.05) is 24.0 Å². The van der Waals surface area contributed by atoms with Crippen LogP contribution in [0.3, 0.4) is 0 Å². The number of carbonyl (C=O) groups is 1. The highest BCUT2D eigenvalue weighted by Crippen LogP contribution is 2.18. The first-order valence-corrected chi connectivity index (χ1v) is 10.2. The van der Waals surface area contributed by atoms with Gasteiger partial charge in [0.2, 0.25) is 0 Å². The van der Waals surface area contributed by atoms with Crippen LogP contribution in [0.1, 0.15) is 33.0 Å². The number of aryl methyl sites for hydroxylation is 1. The lowest BCUT2D eigenvalue weighted by molar-refractivity contribution is 0.0741. The molecule has 0 aliphatic heterocycles. The van der Waals surface area contributed by atoms with Crippen molar-refractivity contribution < 1.29 is 9.53 Å². The van der Waals surface area contributed by atoms with Crippen LogP contribution in [0.5, 0.6) is 5.75 Å². The largest absolute Gasteiger partial charge is 0.487 e. The van der Waals surface area contributed by atoms with Gasteiger partial charge in [-0.05, 0) is 43.7 Å². The molecule has 146 valence electrons. The molecule has 1 heterocycles. The fourth-order valence-corrected chi connectivity index (χ4v) is 3.47. The van der Waals surface area contributed by atoms with E-state index >= 15 is 0 Å². The molecule has 0 atom stereocenters. The van der Waals surface area contributed by atoms with E-state index in [-0.39, 0.29) is 5.91 Å².